The van der Waals surface area contributed by atoms with Crippen LogP contribution in [0.25, 0.3) is 0 Å². The minimum atomic E-state index is -0.366. The van der Waals surface area contributed by atoms with E-state index in [2.05, 4.69) is 15.7 Å². The monoisotopic (exact) mass is 343 g/mol. The van der Waals surface area contributed by atoms with Gasteiger partial charge in [0.1, 0.15) is 0 Å². The van der Waals surface area contributed by atoms with Gasteiger partial charge in [0, 0.05) is 31.1 Å². The predicted octanol–water partition coefficient (Wildman–Crippen LogP) is 3.35. The van der Waals surface area contributed by atoms with E-state index in [1.807, 2.05) is 17.7 Å². The van der Waals surface area contributed by atoms with Crippen molar-refractivity contribution < 1.29 is 4.79 Å². The molecule has 0 radical (unpaired) electrons. The molecule has 7 nitrogen and oxygen atoms in total. The Labute approximate surface area is 147 Å². The summed E-state index contributed by atoms with van der Waals surface area (Å²) in [6.07, 6.45) is 7.67. The van der Waals surface area contributed by atoms with Crippen molar-refractivity contribution in [2.24, 2.45) is 7.05 Å². The van der Waals surface area contributed by atoms with Gasteiger partial charge in [-0.2, -0.15) is 5.10 Å². The number of nitrogens with zero attached hydrogens (tertiary/aromatic N) is 3. The summed E-state index contributed by atoms with van der Waals surface area (Å²) < 4.78 is 3.47. The highest BCUT2D eigenvalue weighted by atomic mass is 16.2. The summed E-state index contributed by atoms with van der Waals surface area (Å²) in [7, 11) is 1.65. The fourth-order valence-corrected chi connectivity index (χ4v) is 3.37. The zero-order chi connectivity index (χ0) is 18.0. The first kappa shape index (κ1) is 17.3. The van der Waals surface area contributed by atoms with Crippen molar-refractivity contribution in [3.63, 3.8) is 0 Å². The third-order valence-electron chi connectivity index (χ3n) is 4.77. The van der Waals surface area contributed by atoms with Crippen LogP contribution < -0.4 is 16.2 Å². The van der Waals surface area contributed by atoms with Crippen LogP contribution in [0.2, 0.25) is 0 Å². The van der Waals surface area contributed by atoms with Crippen molar-refractivity contribution in [2.45, 2.75) is 52.0 Å². The molecule has 0 aliphatic heterocycles. The van der Waals surface area contributed by atoms with E-state index in [0.29, 0.717) is 17.5 Å². The molecule has 1 saturated carbocycles. The molecule has 0 aromatic carbocycles. The second-order valence-corrected chi connectivity index (χ2v) is 6.81. The summed E-state index contributed by atoms with van der Waals surface area (Å²) in [5, 5.41) is 10.1. The van der Waals surface area contributed by atoms with Crippen molar-refractivity contribution in [3.8, 4) is 0 Å². The van der Waals surface area contributed by atoms with Gasteiger partial charge in [-0.1, -0.05) is 19.3 Å². The van der Waals surface area contributed by atoms with Gasteiger partial charge >= 0.3 is 6.03 Å². The number of anilines is 2. The number of hydrogen-bond acceptors (Lipinski definition) is 3. The van der Waals surface area contributed by atoms with Gasteiger partial charge in [-0.15, -0.1) is 0 Å². The van der Waals surface area contributed by atoms with Crippen molar-refractivity contribution in [1.82, 2.24) is 14.3 Å². The summed E-state index contributed by atoms with van der Waals surface area (Å²) in [6, 6.07) is 3.45. The van der Waals surface area contributed by atoms with Gasteiger partial charge < -0.3 is 9.88 Å². The number of aryl methyl sites for hydroxylation is 3. The lowest BCUT2D eigenvalue weighted by Gasteiger charge is -2.23. The molecule has 1 aliphatic rings. The quantitative estimate of drug-likeness (QED) is 0.897. The van der Waals surface area contributed by atoms with Gasteiger partial charge in [-0.3, -0.25) is 14.8 Å². The van der Waals surface area contributed by atoms with Crippen molar-refractivity contribution in [1.29, 1.82) is 0 Å². The molecule has 0 atom stereocenters. The molecule has 7 heteroatoms. The lowest BCUT2D eigenvalue weighted by molar-refractivity contribution is 0.262. The maximum atomic E-state index is 12.3. The SMILES string of the molecule is Cc1cc(=O)n(C)cc1NC(=O)Nc1cc(C)n(C2CCCCC2)n1. The van der Waals surface area contributed by atoms with Crippen molar-refractivity contribution in [3.05, 3.63) is 39.9 Å². The molecule has 0 unspecified atom stereocenters. The van der Waals surface area contributed by atoms with E-state index in [9.17, 15) is 9.59 Å². The molecule has 3 rings (SSSR count). The van der Waals surface area contributed by atoms with Crippen LogP contribution in [0.5, 0.6) is 0 Å². The molecule has 2 N–H and O–H groups in total. The smallest absolute Gasteiger partial charge is 0.316 e. The molecule has 0 spiro atoms. The third-order valence-corrected chi connectivity index (χ3v) is 4.77. The van der Waals surface area contributed by atoms with E-state index in [1.54, 1.807) is 20.2 Å². The number of carbonyl (C=O) groups is 1. The topological polar surface area (TPSA) is 81.0 Å². The highest BCUT2D eigenvalue weighted by Gasteiger charge is 2.19. The number of nitrogens with one attached hydrogen (secondary N) is 2. The first-order valence-corrected chi connectivity index (χ1v) is 8.75. The first-order chi connectivity index (χ1) is 11.9. The van der Waals surface area contributed by atoms with E-state index in [4.69, 9.17) is 0 Å². The van der Waals surface area contributed by atoms with Crippen LogP contribution in [-0.2, 0) is 7.05 Å². The van der Waals surface area contributed by atoms with E-state index in [0.717, 1.165) is 24.1 Å². The summed E-state index contributed by atoms with van der Waals surface area (Å²) in [4.78, 5) is 23.8. The van der Waals surface area contributed by atoms with Crippen LogP contribution >= 0.6 is 0 Å². The Kier molecular flexibility index (Phi) is 4.92. The Balaban J connectivity index is 1.69. The van der Waals surface area contributed by atoms with Gasteiger partial charge in [0.05, 0.1) is 11.7 Å². The number of pyridine rings is 1. The van der Waals surface area contributed by atoms with Gasteiger partial charge in [-0.05, 0) is 32.3 Å². The van der Waals surface area contributed by atoms with E-state index in [1.165, 1.54) is 29.9 Å². The molecule has 2 amide bonds. The van der Waals surface area contributed by atoms with Crippen LogP contribution in [0.15, 0.2) is 23.1 Å². The Morgan fingerprint density at radius 1 is 1.16 bits per heavy atom. The van der Waals surface area contributed by atoms with E-state index in [-0.39, 0.29) is 11.6 Å². The van der Waals surface area contributed by atoms with Gasteiger partial charge in [0.25, 0.3) is 5.56 Å². The molecule has 134 valence electrons. The molecule has 0 saturated heterocycles. The van der Waals surface area contributed by atoms with Crippen LogP contribution in [0.4, 0.5) is 16.3 Å². The van der Waals surface area contributed by atoms with Gasteiger partial charge in [-0.25, -0.2) is 4.79 Å². The molecular formula is C18H25N5O2. The molecule has 1 fully saturated rings. The average molecular weight is 343 g/mol. The molecule has 0 bridgehead atoms. The maximum Gasteiger partial charge on any atom is 0.324 e. The fourth-order valence-electron chi connectivity index (χ4n) is 3.37. The van der Waals surface area contributed by atoms with E-state index < -0.39 is 0 Å². The molecule has 2 heterocycles. The molecule has 25 heavy (non-hydrogen) atoms. The van der Waals surface area contributed by atoms with E-state index >= 15 is 0 Å². The van der Waals surface area contributed by atoms with Crippen molar-refractivity contribution in [2.75, 3.05) is 10.6 Å². The van der Waals surface area contributed by atoms with Crippen molar-refractivity contribution >= 4 is 17.5 Å². The minimum absolute atomic E-state index is 0.106. The highest BCUT2D eigenvalue weighted by Crippen LogP contribution is 2.29. The standard InChI is InChI=1S/C18H25N5O2/c1-12-9-17(24)22(3)11-15(12)19-18(25)20-16-10-13(2)23(21-16)14-7-5-4-6-8-14/h9-11,14H,4-8H2,1-3H3,(H2,19,20,21,25). The maximum absolute atomic E-state index is 12.3. The largest absolute Gasteiger partial charge is 0.324 e. The normalized spacial score (nSPS) is 15.2. The lowest BCUT2D eigenvalue weighted by atomic mass is 9.95. The fraction of sp³-hybridized carbons (Fsp3) is 0.500. The third kappa shape index (κ3) is 3.92. The first-order valence-electron chi connectivity index (χ1n) is 8.75. The number of urea groups is 1. The second-order valence-electron chi connectivity index (χ2n) is 6.81. The Morgan fingerprint density at radius 2 is 1.88 bits per heavy atom. The van der Waals surface area contributed by atoms with Gasteiger partial charge in [0.2, 0.25) is 0 Å². The Morgan fingerprint density at radius 3 is 2.60 bits per heavy atom. The number of hydrogen-bond donors (Lipinski definition) is 2. The second kappa shape index (κ2) is 7.13. The van der Waals surface area contributed by atoms with Crippen LogP contribution in [0.1, 0.15) is 49.4 Å². The average Bonchev–Trinajstić information content (AvgIpc) is 2.93. The lowest BCUT2D eigenvalue weighted by Crippen LogP contribution is -2.23. The molecule has 2 aromatic rings. The zero-order valence-corrected chi connectivity index (χ0v) is 15.0. The zero-order valence-electron chi connectivity index (χ0n) is 15.0. The van der Waals surface area contributed by atoms with Crippen LogP contribution in [0, 0.1) is 13.8 Å². The van der Waals surface area contributed by atoms with Crippen LogP contribution in [-0.4, -0.2) is 20.4 Å². The summed E-state index contributed by atoms with van der Waals surface area (Å²) in [5.74, 6) is 0.544. The molecular weight excluding hydrogens is 318 g/mol. The molecule has 2 aromatic heterocycles. The predicted molar refractivity (Wildman–Crippen MR) is 98.1 cm³/mol. The summed E-state index contributed by atoms with van der Waals surface area (Å²) in [5.41, 5.74) is 2.27. The number of carbonyl (C=O) groups excluding carboxylic acids is 1. The molecule has 1 aliphatic carbocycles. The summed E-state index contributed by atoms with van der Waals surface area (Å²) in [6.45, 7) is 3.81. The Bertz CT molecular complexity index is 830. The number of aromatic nitrogens is 3. The van der Waals surface area contributed by atoms with Crippen LogP contribution in [0.3, 0.4) is 0 Å². The minimum Gasteiger partial charge on any atom is -0.316 e. The Hall–Kier alpha value is -2.57. The van der Waals surface area contributed by atoms with Gasteiger partial charge in [0.15, 0.2) is 5.82 Å². The number of amides is 2. The number of rotatable bonds is 3. The highest BCUT2D eigenvalue weighted by molar-refractivity contribution is 5.99. The summed E-state index contributed by atoms with van der Waals surface area (Å²) >= 11 is 0.